The molecule has 2 aromatic rings. The lowest BCUT2D eigenvalue weighted by atomic mass is 10.2. The van der Waals surface area contributed by atoms with Gasteiger partial charge in [0.1, 0.15) is 12.4 Å². The van der Waals surface area contributed by atoms with E-state index in [2.05, 4.69) is 10.6 Å². The number of carbonyl (C=O) groups excluding carboxylic acids is 2. The third-order valence-electron chi connectivity index (χ3n) is 4.48. The molecule has 1 heterocycles. The van der Waals surface area contributed by atoms with Crippen LogP contribution in [0, 0.1) is 0 Å². The Morgan fingerprint density at radius 2 is 1.96 bits per heavy atom. The highest BCUT2D eigenvalue weighted by molar-refractivity contribution is 5.94. The Morgan fingerprint density at radius 1 is 1.11 bits per heavy atom. The number of carbonyl (C=O) groups is 2. The summed E-state index contributed by atoms with van der Waals surface area (Å²) in [4.78, 5) is 24.1. The molecule has 1 unspecified atom stereocenters. The smallest absolute Gasteiger partial charge is 0.251 e. The molecule has 3 rings (SSSR count). The number of amides is 2. The van der Waals surface area contributed by atoms with E-state index in [0.717, 1.165) is 19.4 Å². The molecule has 0 aliphatic carbocycles. The Hall–Kier alpha value is -2.86. The first-order valence-corrected chi connectivity index (χ1v) is 9.68. The highest BCUT2D eigenvalue weighted by Gasteiger charge is 2.16. The van der Waals surface area contributed by atoms with E-state index in [0.29, 0.717) is 43.0 Å². The number of anilines is 1. The molecule has 0 aromatic heterocycles. The van der Waals surface area contributed by atoms with Crippen molar-refractivity contribution in [1.82, 2.24) is 5.32 Å². The highest BCUT2D eigenvalue weighted by atomic mass is 16.5. The van der Waals surface area contributed by atoms with E-state index in [9.17, 15) is 9.59 Å². The van der Waals surface area contributed by atoms with Crippen LogP contribution in [0.15, 0.2) is 54.6 Å². The summed E-state index contributed by atoms with van der Waals surface area (Å²) in [5, 5.41) is 5.69. The van der Waals surface area contributed by atoms with Crippen molar-refractivity contribution < 1.29 is 19.1 Å². The quantitative estimate of drug-likeness (QED) is 0.652. The second-order valence-electron chi connectivity index (χ2n) is 6.75. The number of nitrogens with one attached hydrogen (secondary N) is 2. The summed E-state index contributed by atoms with van der Waals surface area (Å²) in [6.07, 6.45) is 3.16. The fourth-order valence-electron chi connectivity index (χ4n) is 2.99. The number of rotatable bonds is 9. The summed E-state index contributed by atoms with van der Waals surface area (Å²) >= 11 is 0. The van der Waals surface area contributed by atoms with Gasteiger partial charge in [-0.3, -0.25) is 9.59 Å². The van der Waals surface area contributed by atoms with Gasteiger partial charge in [-0.25, -0.2) is 0 Å². The summed E-state index contributed by atoms with van der Waals surface area (Å²) in [6.45, 7) is 1.78. The molecule has 1 saturated heterocycles. The van der Waals surface area contributed by atoms with Gasteiger partial charge in [-0.1, -0.05) is 24.3 Å². The summed E-state index contributed by atoms with van der Waals surface area (Å²) < 4.78 is 11.3. The summed E-state index contributed by atoms with van der Waals surface area (Å²) in [5.74, 6) is 0.491. The first-order valence-electron chi connectivity index (χ1n) is 9.68. The Balaban J connectivity index is 1.36. The van der Waals surface area contributed by atoms with Gasteiger partial charge >= 0.3 is 0 Å². The molecule has 1 aliphatic heterocycles. The van der Waals surface area contributed by atoms with Crippen molar-refractivity contribution in [1.29, 1.82) is 0 Å². The van der Waals surface area contributed by atoms with Crippen molar-refractivity contribution in [3.8, 4) is 5.75 Å². The minimum absolute atomic E-state index is 0.0924. The van der Waals surface area contributed by atoms with E-state index >= 15 is 0 Å². The number of ether oxygens (including phenoxy) is 2. The third-order valence-corrected chi connectivity index (χ3v) is 4.48. The second-order valence-corrected chi connectivity index (χ2v) is 6.75. The zero-order valence-corrected chi connectivity index (χ0v) is 15.9. The van der Waals surface area contributed by atoms with Gasteiger partial charge in [0.25, 0.3) is 5.91 Å². The monoisotopic (exact) mass is 382 g/mol. The van der Waals surface area contributed by atoms with Crippen molar-refractivity contribution in [2.45, 2.75) is 31.8 Å². The van der Waals surface area contributed by atoms with Crippen molar-refractivity contribution >= 4 is 17.5 Å². The maximum Gasteiger partial charge on any atom is 0.251 e. The molecular weight excluding hydrogens is 356 g/mol. The van der Waals surface area contributed by atoms with E-state index in [1.165, 1.54) is 0 Å². The van der Waals surface area contributed by atoms with E-state index < -0.39 is 0 Å². The lowest BCUT2D eigenvalue weighted by Gasteiger charge is -2.12. The molecular formula is C22H26N2O4. The van der Waals surface area contributed by atoms with Crippen LogP contribution < -0.4 is 15.4 Å². The van der Waals surface area contributed by atoms with Crippen LogP contribution in [0.5, 0.6) is 5.75 Å². The molecule has 1 aliphatic rings. The Morgan fingerprint density at radius 3 is 2.75 bits per heavy atom. The molecule has 2 N–H and O–H groups in total. The van der Waals surface area contributed by atoms with Crippen LogP contribution >= 0.6 is 0 Å². The normalized spacial score (nSPS) is 15.8. The van der Waals surface area contributed by atoms with Crippen LogP contribution in [-0.2, 0) is 9.53 Å². The highest BCUT2D eigenvalue weighted by Crippen LogP contribution is 2.20. The van der Waals surface area contributed by atoms with Crippen molar-refractivity contribution in [2.75, 3.05) is 25.1 Å². The lowest BCUT2D eigenvalue weighted by Crippen LogP contribution is -2.25. The fourth-order valence-corrected chi connectivity index (χ4v) is 2.99. The molecule has 2 amide bonds. The molecule has 28 heavy (non-hydrogen) atoms. The average molecular weight is 382 g/mol. The zero-order valence-electron chi connectivity index (χ0n) is 15.9. The average Bonchev–Trinajstić information content (AvgIpc) is 3.24. The zero-order chi connectivity index (χ0) is 19.6. The SMILES string of the molecule is O=C(CCCNC(=O)c1ccccc1)Nc1cccc(OCC2CCCO2)c1. The predicted octanol–water partition coefficient (Wildman–Crippen LogP) is 3.39. The van der Waals surface area contributed by atoms with Crippen LogP contribution in [0.4, 0.5) is 5.69 Å². The van der Waals surface area contributed by atoms with E-state index in [-0.39, 0.29) is 17.9 Å². The molecule has 148 valence electrons. The van der Waals surface area contributed by atoms with Gasteiger partial charge in [-0.05, 0) is 43.5 Å². The molecule has 1 fully saturated rings. The lowest BCUT2D eigenvalue weighted by molar-refractivity contribution is -0.116. The number of hydrogen-bond donors (Lipinski definition) is 2. The molecule has 0 spiro atoms. The van der Waals surface area contributed by atoms with Gasteiger partial charge in [0.15, 0.2) is 0 Å². The van der Waals surface area contributed by atoms with E-state index in [4.69, 9.17) is 9.47 Å². The predicted molar refractivity (Wildman–Crippen MR) is 108 cm³/mol. The van der Waals surface area contributed by atoms with Gasteiger partial charge in [-0.2, -0.15) is 0 Å². The molecule has 1 atom stereocenters. The van der Waals surface area contributed by atoms with Crippen molar-refractivity contribution in [3.05, 3.63) is 60.2 Å². The molecule has 2 aromatic carbocycles. The maximum absolute atomic E-state index is 12.1. The first-order chi connectivity index (χ1) is 13.7. The summed E-state index contributed by atoms with van der Waals surface area (Å²) in [6, 6.07) is 16.4. The molecule has 0 saturated carbocycles. The fraction of sp³-hybridized carbons (Fsp3) is 0.364. The topological polar surface area (TPSA) is 76.7 Å². The van der Waals surface area contributed by atoms with Gasteiger partial charge < -0.3 is 20.1 Å². The minimum atomic E-state index is -0.128. The van der Waals surface area contributed by atoms with Crippen LogP contribution in [0.1, 0.15) is 36.0 Å². The van der Waals surface area contributed by atoms with E-state index in [1.54, 1.807) is 12.1 Å². The third kappa shape index (κ3) is 6.39. The van der Waals surface area contributed by atoms with Crippen LogP contribution in [-0.4, -0.2) is 37.7 Å². The second kappa shape index (κ2) is 10.5. The standard InChI is InChI=1S/C22H26N2O4/c25-21(12-5-13-23-22(26)17-7-2-1-3-8-17)24-18-9-4-10-19(15-18)28-16-20-11-6-14-27-20/h1-4,7-10,15,20H,5-6,11-14,16H2,(H,23,26)(H,24,25). The molecule has 0 bridgehead atoms. The van der Waals surface area contributed by atoms with E-state index in [1.807, 2.05) is 42.5 Å². The number of benzene rings is 2. The summed E-state index contributed by atoms with van der Waals surface area (Å²) in [5.41, 5.74) is 1.31. The Bertz CT molecular complexity index is 773. The van der Waals surface area contributed by atoms with Crippen LogP contribution in [0.3, 0.4) is 0 Å². The first kappa shape index (κ1) is 19.9. The molecule has 6 nitrogen and oxygen atoms in total. The molecule has 0 radical (unpaired) electrons. The van der Waals surface area contributed by atoms with Crippen molar-refractivity contribution in [3.63, 3.8) is 0 Å². The van der Waals surface area contributed by atoms with Gasteiger partial charge in [0.05, 0.1) is 6.10 Å². The maximum atomic E-state index is 12.1. The minimum Gasteiger partial charge on any atom is -0.491 e. The number of hydrogen-bond acceptors (Lipinski definition) is 4. The molecule has 6 heteroatoms. The van der Waals surface area contributed by atoms with Crippen LogP contribution in [0.2, 0.25) is 0 Å². The Labute approximate surface area is 165 Å². The largest absolute Gasteiger partial charge is 0.491 e. The van der Waals surface area contributed by atoms with Gasteiger partial charge in [-0.15, -0.1) is 0 Å². The van der Waals surface area contributed by atoms with Gasteiger partial charge in [0.2, 0.25) is 5.91 Å². The van der Waals surface area contributed by atoms with Crippen molar-refractivity contribution in [2.24, 2.45) is 0 Å². The summed E-state index contributed by atoms with van der Waals surface area (Å²) in [7, 11) is 0. The van der Waals surface area contributed by atoms with Gasteiger partial charge in [0, 0.05) is 36.9 Å². The Kier molecular flexibility index (Phi) is 7.44. The van der Waals surface area contributed by atoms with Crippen LogP contribution in [0.25, 0.3) is 0 Å².